The van der Waals surface area contributed by atoms with Crippen molar-refractivity contribution < 1.29 is 23.5 Å². The monoisotopic (exact) mass is 604 g/mol. The molecule has 0 amide bonds. The van der Waals surface area contributed by atoms with E-state index in [9.17, 15) is 4.79 Å². The minimum Gasteiger partial charge on any atom is -0.488 e. The minimum absolute atomic E-state index is 0.134. The van der Waals surface area contributed by atoms with Crippen molar-refractivity contribution in [3.63, 3.8) is 0 Å². The molecule has 2 aromatic rings. The van der Waals surface area contributed by atoms with E-state index in [1.807, 2.05) is 12.1 Å². The number of aliphatic carboxylic acids is 1. The van der Waals surface area contributed by atoms with Crippen LogP contribution in [0.15, 0.2) is 36.4 Å². The fourth-order valence-corrected chi connectivity index (χ4v) is 6.42. The third-order valence-electron chi connectivity index (χ3n) is 8.46. The lowest BCUT2D eigenvalue weighted by Crippen LogP contribution is -2.41. The molecule has 0 aliphatic rings. The molecule has 1 heterocycles. The molecule has 2 rings (SSSR count). The summed E-state index contributed by atoms with van der Waals surface area (Å²) in [6.07, 6.45) is 3.62. The Balaban J connectivity index is 2.21. The second-order valence-electron chi connectivity index (χ2n) is 13.6. The molecule has 40 heavy (non-hydrogen) atoms. The van der Waals surface area contributed by atoms with Gasteiger partial charge >= 0.3 is 5.97 Å². The van der Waals surface area contributed by atoms with Crippen LogP contribution in [-0.2, 0) is 33.5 Å². The Morgan fingerprint density at radius 2 is 1.45 bits per heavy atom. The summed E-state index contributed by atoms with van der Waals surface area (Å²) in [5, 5.41) is 9.22. The maximum Gasteiger partial charge on any atom is 0.303 e. The van der Waals surface area contributed by atoms with Crippen molar-refractivity contribution in [3.05, 3.63) is 57.3 Å². The highest BCUT2D eigenvalue weighted by Gasteiger charge is 2.38. The molecule has 1 N–H and O–H groups in total. The van der Waals surface area contributed by atoms with Crippen LogP contribution in [0.5, 0.6) is 5.75 Å². The smallest absolute Gasteiger partial charge is 0.303 e. The predicted octanol–water partition coefficient (Wildman–Crippen LogP) is 10.0. The number of carboxylic acids is 1. The van der Waals surface area contributed by atoms with Crippen molar-refractivity contribution in [1.29, 1.82) is 0 Å². The molecule has 0 unspecified atom stereocenters. The number of carbonyl (C=O) groups is 1. The van der Waals surface area contributed by atoms with E-state index < -0.39 is 22.6 Å². The standard InChI is InChI=1S/C32H52O5SSi2/c1-12-24(14-13-15-30(33)34)29-19-18-28(38-29)23-35-27-17-16-25(21-36-39(8,9)31(2,3)4)26(20-27)22-37-40(10,11)32(5,6)7/h14,16-20H,12-13,15,21-23H2,1-11H3,(H,33,34). The molecule has 1 aromatic heterocycles. The van der Waals surface area contributed by atoms with Gasteiger partial charge in [-0.1, -0.05) is 60.6 Å². The minimum atomic E-state index is -1.93. The Morgan fingerprint density at radius 3 is 1.98 bits per heavy atom. The first-order valence-electron chi connectivity index (χ1n) is 14.4. The van der Waals surface area contributed by atoms with Gasteiger partial charge in [0.2, 0.25) is 0 Å². The van der Waals surface area contributed by atoms with Crippen LogP contribution in [0.3, 0.4) is 0 Å². The first kappa shape index (κ1) is 34.5. The number of rotatable bonds is 14. The fraction of sp³-hybridized carbons (Fsp3) is 0.594. The predicted molar refractivity (Wildman–Crippen MR) is 174 cm³/mol. The van der Waals surface area contributed by atoms with Gasteiger partial charge in [0.1, 0.15) is 12.4 Å². The number of thiophene rings is 1. The SMILES string of the molecule is CCC(=CCCC(=O)O)c1ccc(COc2ccc(CO[Si](C)(C)C(C)(C)C)c(CO[Si](C)(C)C(C)(C)C)c2)s1. The van der Waals surface area contributed by atoms with Gasteiger partial charge in [-0.05, 0) is 90.1 Å². The Hall–Kier alpha value is -1.72. The maximum atomic E-state index is 10.9. The second kappa shape index (κ2) is 14.0. The van der Waals surface area contributed by atoms with Gasteiger partial charge in [-0.3, -0.25) is 4.79 Å². The zero-order valence-corrected chi connectivity index (χ0v) is 29.5. The molecule has 224 valence electrons. The lowest BCUT2D eigenvalue weighted by molar-refractivity contribution is -0.136. The summed E-state index contributed by atoms with van der Waals surface area (Å²) in [6, 6.07) is 10.5. The van der Waals surface area contributed by atoms with E-state index in [1.165, 1.54) is 10.5 Å². The highest BCUT2D eigenvalue weighted by molar-refractivity contribution is 7.13. The molecule has 0 aliphatic carbocycles. The zero-order valence-electron chi connectivity index (χ0n) is 26.7. The summed E-state index contributed by atoms with van der Waals surface area (Å²) in [6.45, 7) is 26.5. The van der Waals surface area contributed by atoms with E-state index in [2.05, 4.69) is 98.9 Å². The van der Waals surface area contributed by atoms with Gasteiger partial charge in [-0.2, -0.15) is 0 Å². The molecule has 8 heteroatoms. The van der Waals surface area contributed by atoms with Gasteiger partial charge in [-0.25, -0.2) is 0 Å². The largest absolute Gasteiger partial charge is 0.488 e. The van der Waals surface area contributed by atoms with Crippen LogP contribution >= 0.6 is 11.3 Å². The van der Waals surface area contributed by atoms with Crippen LogP contribution in [0.1, 0.15) is 88.6 Å². The number of benzene rings is 1. The highest BCUT2D eigenvalue weighted by atomic mass is 32.1. The van der Waals surface area contributed by atoms with E-state index in [-0.39, 0.29) is 16.5 Å². The van der Waals surface area contributed by atoms with Gasteiger partial charge < -0.3 is 18.7 Å². The summed E-state index contributed by atoms with van der Waals surface area (Å²) in [5.74, 6) is 0.0613. The van der Waals surface area contributed by atoms with Crippen molar-refractivity contribution in [2.45, 2.75) is 124 Å². The normalized spacial score (nSPS) is 13.5. The van der Waals surface area contributed by atoms with E-state index in [0.717, 1.165) is 28.2 Å². The number of carboxylic acid groups (broad SMARTS) is 1. The fourth-order valence-electron chi connectivity index (χ4n) is 3.49. The highest BCUT2D eigenvalue weighted by Crippen LogP contribution is 2.39. The molecule has 0 saturated heterocycles. The van der Waals surface area contributed by atoms with Crippen molar-refractivity contribution in [2.24, 2.45) is 0 Å². The quantitative estimate of drug-likeness (QED) is 0.217. The van der Waals surface area contributed by atoms with Crippen molar-refractivity contribution in [3.8, 4) is 5.75 Å². The summed E-state index contributed by atoms with van der Waals surface area (Å²) in [4.78, 5) is 13.2. The van der Waals surface area contributed by atoms with Gasteiger partial charge in [-0.15, -0.1) is 11.3 Å². The first-order chi connectivity index (χ1) is 18.4. The van der Waals surface area contributed by atoms with Crippen molar-refractivity contribution in [2.75, 3.05) is 0 Å². The molecule has 5 nitrogen and oxygen atoms in total. The molecule has 0 atom stereocenters. The first-order valence-corrected chi connectivity index (χ1v) is 21.0. The van der Waals surface area contributed by atoms with Crippen LogP contribution in [0.4, 0.5) is 0 Å². The molecule has 0 bridgehead atoms. The van der Waals surface area contributed by atoms with E-state index in [1.54, 1.807) is 11.3 Å². The van der Waals surface area contributed by atoms with E-state index in [4.69, 9.17) is 18.7 Å². The third-order valence-corrected chi connectivity index (χ3v) is 18.5. The topological polar surface area (TPSA) is 65.0 Å². The molecule has 0 fully saturated rings. The maximum absolute atomic E-state index is 10.9. The number of hydrogen-bond acceptors (Lipinski definition) is 5. The molecule has 0 spiro atoms. The Kier molecular flexibility index (Phi) is 12.0. The number of allylic oxidation sites excluding steroid dienone is 2. The second-order valence-corrected chi connectivity index (χ2v) is 24.4. The third kappa shape index (κ3) is 9.98. The Morgan fingerprint density at radius 1 is 0.875 bits per heavy atom. The Labute approximate surface area is 249 Å². The van der Waals surface area contributed by atoms with Crippen molar-refractivity contribution >= 4 is 39.5 Å². The van der Waals surface area contributed by atoms with Gasteiger partial charge in [0.25, 0.3) is 0 Å². The lowest BCUT2D eigenvalue weighted by Gasteiger charge is -2.37. The van der Waals surface area contributed by atoms with Crippen LogP contribution < -0.4 is 4.74 Å². The van der Waals surface area contributed by atoms with Gasteiger partial charge in [0, 0.05) is 16.2 Å². The molecule has 0 saturated carbocycles. The summed E-state index contributed by atoms with van der Waals surface area (Å²) >= 11 is 1.71. The van der Waals surface area contributed by atoms with Gasteiger partial charge in [0.15, 0.2) is 16.6 Å². The van der Waals surface area contributed by atoms with Crippen LogP contribution in [0.2, 0.25) is 36.3 Å². The number of hydrogen-bond donors (Lipinski definition) is 1. The molecule has 0 aliphatic heterocycles. The molecular weight excluding hydrogens is 553 g/mol. The average molecular weight is 605 g/mol. The summed E-state index contributed by atoms with van der Waals surface area (Å²) in [7, 11) is -3.82. The summed E-state index contributed by atoms with van der Waals surface area (Å²) in [5.41, 5.74) is 3.48. The molecule has 1 aromatic carbocycles. The number of ether oxygens (including phenoxy) is 1. The van der Waals surface area contributed by atoms with Crippen molar-refractivity contribution in [1.82, 2.24) is 0 Å². The molecular formula is C32H52O5SSi2. The van der Waals surface area contributed by atoms with Crippen LogP contribution in [-0.4, -0.2) is 27.7 Å². The molecule has 0 radical (unpaired) electrons. The Bertz CT molecular complexity index is 1150. The average Bonchev–Trinajstić information content (AvgIpc) is 3.30. The van der Waals surface area contributed by atoms with Crippen LogP contribution in [0, 0.1) is 0 Å². The van der Waals surface area contributed by atoms with Crippen LogP contribution in [0.25, 0.3) is 5.57 Å². The summed E-state index contributed by atoms with van der Waals surface area (Å²) < 4.78 is 19.5. The zero-order chi connectivity index (χ0) is 30.4. The van der Waals surface area contributed by atoms with Gasteiger partial charge in [0.05, 0.1) is 13.2 Å². The van der Waals surface area contributed by atoms with E-state index in [0.29, 0.717) is 26.2 Å². The van der Waals surface area contributed by atoms with E-state index >= 15 is 0 Å². The lowest BCUT2D eigenvalue weighted by atomic mass is 10.1.